The number of rotatable bonds is 7. The quantitative estimate of drug-likeness (QED) is 0.726. The minimum atomic E-state index is -3.38. The molecule has 1 unspecified atom stereocenters. The number of aryl methyl sites for hydroxylation is 1. The summed E-state index contributed by atoms with van der Waals surface area (Å²) in [5.41, 5.74) is 2.27. The Bertz CT molecular complexity index is 535. The van der Waals surface area contributed by atoms with E-state index in [1.807, 2.05) is 19.1 Å². The van der Waals surface area contributed by atoms with Crippen LogP contribution in [0.2, 0.25) is 0 Å². The molecule has 1 atom stereocenters. The van der Waals surface area contributed by atoms with Crippen LogP contribution >= 0.6 is 0 Å². The highest BCUT2D eigenvalue weighted by Crippen LogP contribution is 2.35. The molecule has 114 valence electrons. The average Bonchev–Trinajstić information content (AvgIpc) is 2.33. The molecule has 0 amide bonds. The lowest BCUT2D eigenvalue weighted by atomic mass is 9.85. The molecule has 0 radical (unpaired) electrons. The van der Waals surface area contributed by atoms with E-state index in [9.17, 15) is 8.42 Å². The second-order valence-corrected chi connectivity index (χ2v) is 7.05. The summed E-state index contributed by atoms with van der Waals surface area (Å²) >= 11 is 0. The lowest BCUT2D eigenvalue weighted by Gasteiger charge is -2.23. The van der Waals surface area contributed by atoms with Gasteiger partial charge in [-0.05, 0) is 36.8 Å². The Balaban J connectivity index is 2.93. The molecule has 0 N–H and O–H groups in total. The zero-order valence-corrected chi connectivity index (χ0v) is 13.7. The maximum Gasteiger partial charge on any atom is 0.264 e. The topological polar surface area (TPSA) is 52.6 Å². The smallest absolute Gasteiger partial charge is 0.264 e. The Morgan fingerprint density at radius 3 is 2.40 bits per heavy atom. The minimum Gasteiger partial charge on any atom is -0.496 e. The fraction of sp³-hybridized carbons (Fsp3) is 0.600. The molecule has 5 heteroatoms. The molecule has 0 aromatic heterocycles. The Morgan fingerprint density at radius 1 is 1.25 bits per heavy atom. The van der Waals surface area contributed by atoms with Crippen LogP contribution in [0.15, 0.2) is 18.2 Å². The predicted molar refractivity (Wildman–Crippen MR) is 80.7 cm³/mol. The van der Waals surface area contributed by atoms with Gasteiger partial charge in [-0.1, -0.05) is 31.5 Å². The molecular weight excluding hydrogens is 276 g/mol. The molecule has 0 saturated carbocycles. The van der Waals surface area contributed by atoms with Crippen LogP contribution in [0.3, 0.4) is 0 Å². The Hall–Kier alpha value is -1.07. The van der Waals surface area contributed by atoms with Crippen LogP contribution in [0.25, 0.3) is 0 Å². The van der Waals surface area contributed by atoms with Gasteiger partial charge in [-0.3, -0.25) is 4.18 Å². The molecule has 1 aromatic carbocycles. The molecule has 0 heterocycles. The molecule has 0 bridgehead atoms. The summed E-state index contributed by atoms with van der Waals surface area (Å²) in [5.74, 6) is 1.41. The number of benzene rings is 1. The third kappa shape index (κ3) is 5.13. The maximum atomic E-state index is 11.0. The first-order valence-electron chi connectivity index (χ1n) is 6.73. The summed E-state index contributed by atoms with van der Waals surface area (Å²) in [5, 5.41) is 0. The first-order valence-corrected chi connectivity index (χ1v) is 8.55. The van der Waals surface area contributed by atoms with E-state index in [4.69, 9.17) is 8.92 Å². The lowest BCUT2D eigenvalue weighted by molar-refractivity contribution is 0.284. The normalized spacial score (nSPS) is 13.5. The lowest BCUT2D eigenvalue weighted by Crippen LogP contribution is -2.13. The summed E-state index contributed by atoms with van der Waals surface area (Å²) < 4.78 is 32.4. The first kappa shape index (κ1) is 17.0. The maximum absolute atomic E-state index is 11.0. The highest BCUT2D eigenvalue weighted by Gasteiger charge is 2.20. The molecule has 1 rings (SSSR count). The number of hydrogen-bond acceptors (Lipinski definition) is 4. The van der Waals surface area contributed by atoms with Crippen molar-refractivity contribution in [2.24, 2.45) is 5.92 Å². The van der Waals surface area contributed by atoms with Crippen molar-refractivity contribution in [3.8, 4) is 5.75 Å². The van der Waals surface area contributed by atoms with E-state index in [0.717, 1.165) is 23.1 Å². The van der Waals surface area contributed by atoms with Gasteiger partial charge < -0.3 is 4.74 Å². The van der Waals surface area contributed by atoms with Crippen molar-refractivity contribution in [3.63, 3.8) is 0 Å². The van der Waals surface area contributed by atoms with Gasteiger partial charge in [0.05, 0.1) is 20.0 Å². The van der Waals surface area contributed by atoms with E-state index in [1.54, 1.807) is 7.11 Å². The number of ether oxygens (including phenoxy) is 1. The van der Waals surface area contributed by atoms with Gasteiger partial charge in [-0.2, -0.15) is 8.42 Å². The number of hydrogen-bond donors (Lipinski definition) is 0. The minimum absolute atomic E-state index is 0.193. The molecule has 20 heavy (non-hydrogen) atoms. The van der Waals surface area contributed by atoms with Crippen LogP contribution in [-0.4, -0.2) is 28.4 Å². The Morgan fingerprint density at radius 2 is 1.90 bits per heavy atom. The van der Waals surface area contributed by atoms with Crippen molar-refractivity contribution >= 4 is 10.1 Å². The third-order valence-corrected chi connectivity index (χ3v) is 3.91. The van der Waals surface area contributed by atoms with Crippen LogP contribution in [0.5, 0.6) is 5.75 Å². The van der Waals surface area contributed by atoms with E-state index in [1.165, 1.54) is 0 Å². The highest BCUT2D eigenvalue weighted by molar-refractivity contribution is 7.85. The second kappa shape index (κ2) is 7.09. The van der Waals surface area contributed by atoms with Crippen LogP contribution < -0.4 is 4.74 Å². The van der Waals surface area contributed by atoms with Crippen molar-refractivity contribution < 1.29 is 17.3 Å². The average molecular weight is 300 g/mol. The zero-order chi connectivity index (χ0) is 15.3. The summed E-state index contributed by atoms with van der Waals surface area (Å²) in [4.78, 5) is 0. The molecule has 4 nitrogen and oxygen atoms in total. The van der Waals surface area contributed by atoms with E-state index in [-0.39, 0.29) is 12.5 Å². The van der Waals surface area contributed by atoms with Gasteiger partial charge in [0.2, 0.25) is 0 Å². The van der Waals surface area contributed by atoms with E-state index < -0.39 is 10.1 Å². The summed E-state index contributed by atoms with van der Waals surface area (Å²) in [6.07, 6.45) is 1.72. The van der Waals surface area contributed by atoms with E-state index >= 15 is 0 Å². The highest BCUT2D eigenvalue weighted by atomic mass is 32.2. The SMILES string of the molecule is COc1ccc(C)cc1C(CCOS(C)(=O)=O)C(C)C. The van der Waals surface area contributed by atoms with Gasteiger partial charge in [-0.15, -0.1) is 0 Å². The van der Waals surface area contributed by atoms with Gasteiger partial charge in [-0.25, -0.2) is 0 Å². The largest absolute Gasteiger partial charge is 0.496 e. The molecule has 0 fully saturated rings. The van der Waals surface area contributed by atoms with Crippen LogP contribution in [0, 0.1) is 12.8 Å². The van der Waals surface area contributed by atoms with Crippen molar-refractivity contribution in [2.75, 3.05) is 20.0 Å². The predicted octanol–water partition coefficient (Wildman–Crippen LogP) is 3.11. The van der Waals surface area contributed by atoms with E-state index in [0.29, 0.717) is 12.3 Å². The van der Waals surface area contributed by atoms with Crippen molar-refractivity contribution in [1.29, 1.82) is 0 Å². The van der Waals surface area contributed by atoms with E-state index in [2.05, 4.69) is 19.9 Å². The summed E-state index contributed by atoms with van der Waals surface area (Å²) in [7, 11) is -1.73. The van der Waals surface area contributed by atoms with Crippen molar-refractivity contribution in [3.05, 3.63) is 29.3 Å². The molecule has 0 aliphatic heterocycles. The standard InChI is InChI=1S/C15H24O4S/c1-11(2)13(8-9-19-20(5,16)17)14-10-12(3)6-7-15(14)18-4/h6-7,10-11,13H,8-9H2,1-5H3. The third-order valence-electron chi connectivity index (χ3n) is 3.32. The fourth-order valence-corrected chi connectivity index (χ4v) is 2.72. The van der Waals surface area contributed by atoms with Gasteiger partial charge >= 0.3 is 0 Å². The van der Waals surface area contributed by atoms with Crippen LogP contribution in [0.4, 0.5) is 0 Å². The van der Waals surface area contributed by atoms with Gasteiger partial charge in [0.1, 0.15) is 5.75 Å². The second-order valence-electron chi connectivity index (χ2n) is 5.41. The zero-order valence-electron chi connectivity index (χ0n) is 12.8. The molecular formula is C15H24O4S. The molecule has 0 aliphatic rings. The fourth-order valence-electron chi connectivity index (χ4n) is 2.32. The van der Waals surface area contributed by atoms with Crippen LogP contribution in [0.1, 0.15) is 37.3 Å². The van der Waals surface area contributed by atoms with Gasteiger partial charge in [0.15, 0.2) is 0 Å². The van der Waals surface area contributed by atoms with Gasteiger partial charge in [0, 0.05) is 0 Å². The molecule has 0 spiro atoms. The molecule has 1 aromatic rings. The van der Waals surface area contributed by atoms with Crippen LogP contribution in [-0.2, 0) is 14.3 Å². The number of methoxy groups -OCH3 is 1. The molecule has 0 aliphatic carbocycles. The van der Waals surface area contributed by atoms with Crippen molar-refractivity contribution in [1.82, 2.24) is 0 Å². The summed E-state index contributed by atoms with van der Waals surface area (Å²) in [6, 6.07) is 6.06. The first-order chi connectivity index (χ1) is 9.24. The Labute approximate surface area is 122 Å². The summed E-state index contributed by atoms with van der Waals surface area (Å²) in [6.45, 7) is 6.46. The van der Waals surface area contributed by atoms with Crippen molar-refractivity contribution in [2.45, 2.75) is 33.1 Å². The Kier molecular flexibility index (Phi) is 6.02. The van der Waals surface area contributed by atoms with Gasteiger partial charge in [0.25, 0.3) is 10.1 Å². The molecule has 0 saturated heterocycles. The monoisotopic (exact) mass is 300 g/mol.